The zero-order valence-corrected chi connectivity index (χ0v) is 9.44. The molecule has 0 aliphatic carbocycles. The summed E-state index contributed by atoms with van der Waals surface area (Å²) in [5.74, 6) is 0. The van der Waals surface area contributed by atoms with E-state index in [1.165, 1.54) is 17.6 Å². The van der Waals surface area contributed by atoms with Crippen molar-refractivity contribution in [1.29, 1.82) is 0 Å². The quantitative estimate of drug-likeness (QED) is 0.464. The Hall–Kier alpha value is 0.100. The lowest BCUT2D eigenvalue weighted by molar-refractivity contribution is -0.281. The number of halogens is 1. The predicted octanol–water partition coefficient (Wildman–Crippen LogP) is 3.28. The van der Waals surface area contributed by atoms with Crippen molar-refractivity contribution in [2.75, 3.05) is 7.11 Å². The Balaban J connectivity index is 2.64. The lowest BCUT2D eigenvalue weighted by atomic mass is 10.2. The van der Waals surface area contributed by atoms with Crippen molar-refractivity contribution in [3.05, 3.63) is 21.9 Å². The van der Waals surface area contributed by atoms with Gasteiger partial charge in [0.25, 0.3) is 0 Å². The van der Waals surface area contributed by atoms with Gasteiger partial charge in [-0.15, -0.1) is 11.3 Å². The third-order valence-corrected chi connectivity index (χ3v) is 2.92. The van der Waals surface area contributed by atoms with E-state index in [-0.39, 0.29) is 0 Å². The van der Waals surface area contributed by atoms with Crippen LogP contribution in [-0.4, -0.2) is 7.11 Å². The molecule has 1 rings (SSSR count). The van der Waals surface area contributed by atoms with Crippen LogP contribution >= 0.6 is 27.3 Å². The van der Waals surface area contributed by atoms with Gasteiger partial charge in [-0.3, -0.25) is 0 Å². The van der Waals surface area contributed by atoms with E-state index in [2.05, 4.69) is 39.2 Å². The number of rotatable bonds is 4. The van der Waals surface area contributed by atoms with Crippen LogP contribution in [0.5, 0.6) is 0 Å². The van der Waals surface area contributed by atoms with Gasteiger partial charge in [0.15, 0.2) is 0 Å². The zero-order chi connectivity index (χ0) is 8.97. The Kier molecular flexibility index (Phi) is 4.21. The van der Waals surface area contributed by atoms with Gasteiger partial charge in [0.05, 0.1) is 7.11 Å². The van der Waals surface area contributed by atoms with Crippen molar-refractivity contribution in [2.45, 2.75) is 18.4 Å². The van der Waals surface area contributed by atoms with E-state index in [4.69, 9.17) is 4.89 Å². The fraction of sp³-hybridized carbons (Fsp3) is 0.500. The molecule has 0 aliphatic heterocycles. The molecule has 0 N–H and O–H groups in total. The van der Waals surface area contributed by atoms with Crippen molar-refractivity contribution in [3.8, 4) is 0 Å². The normalized spacial score (nSPS) is 13.2. The molecule has 0 spiro atoms. The molecule has 1 heterocycles. The fourth-order valence-electron chi connectivity index (χ4n) is 0.935. The third-order valence-electron chi connectivity index (χ3n) is 1.52. The molecule has 0 saturated carbocycles. The van der Waals surface area contributed by atoms with E-state index in [9.17, 15) is 0 Å². The van der Waals surface area contributed by atoms with Crippen LogP contribution in [0.2, 0.25) is 0 Å². The van der Waals surface area contributed by atoms with Gasteiger partial charge in [-0.2, -0.15) is 0 Å². The number of hydrogen-bond donors (Lipinski definition) is 0. The van der Waals surface area contributed by atoms with E-state index in [0.717, 1.165) is 0 Å². The van der Waals surface area contributed by atoms with Crippen molar-refractivity contribution >= 4 is 27.3 Å². The van der Waals surface area contributed by atoms with E-state index in [1.54, 1.807) is 11.3 Å². The van der Waals surface area contributed by atoms with Crippen LogP contribution in [0.1, 0.15) is 22.2 Å². The summed E-state index contributed by atoms with van der Waals surface area (Å²) in [7, 11) is 1.52. The molecule has 1 aromatic heterocycles. The Morgan fingerprint density at radius 1 is 1.67 bits per heavy atom. The largest absolute Gasteiger partial charge is 0.240 e. The summed E-state index contributed by atoms with van der Waals surface area (Å²) < 4.78 is 0. The number of thiophene rings is 1. The molecule has 1 unspecified atom stereocenters. The van der Waals surface area contributed by atoms with Gasteiger partial charge in [-0.05, 0) is 23.9 Å². The smallest absolute Gasteiger partial charge is 0.117 e. The Morgan fingerprint density at radius 3 is 3.00 bits per heavy atom. The van der Waals surface area contributed by atoms with Gasteiger partial charge in [0, 0.05) is 9.70 Å². The zero-order valence-electron chi connectivity index (χ0n) is 7.04. The minimum absolute atomic E-state index is 0.374. The average molecular weight is 251 g/mol. The first-order valence-corrected chi connectivity index (χ1v) is 5.41. The second-order valence-corrected chi connectivity index (χ2v) is 4.72. The van der Waals surface area contributed by atoms with Crippen molar-refractivity contribution < 1.29 is 9.78 Å². The number of hydrogen-bond acceptors (Lipinski definition) is 3. The standard InChI is InChI=1S/C8H11BrO2S/c1-6(9)7-3-4-12-8(7)5-11-10-2/h3-4,6H,5H2,1-2H3. The lowest BCUT2D eigenvalue weighted by Gasteiger charge is -2.04. The van der Waals surface area contributed by atoms with Gasteiger partial charge in [0.1, 0.15) is 6.61 Å². The summed E-state index contributed by atoms with van der Waals surface area (Å²) in [6, 6.07) is 2.10. The van der Waals surface area contributed by atoms with E-state index in [1.807, 2.05) is 0 Å². The summed E-state index contributed by atoms with van der Waals surface area (Å²) >= 11 is 5.20. The van der Waals surface area contributed by atoms with Crippen LogP contribution in [0, 0.1) is 0 Å². The molecule has 0 saturated heterocycles. The molecule has 0 bridgehead atoms. The molecule has 4 heteroatoms. The molecule has 0 amide bonds. The highest BCUT2D eigenvalue weighted by molar-refractivity contribution is 9.09. The second kappa shape index (κ2) is 4.97. The molecule has 2 nitrogen and oxygen atoms in total. The lowest BCUT2D eigenvalue weighted by Crippen LogP contribution is -1.92. The number of alkyl halides is 1. The molecule has 0 radical (unpaired) electrons. The minimum atomic E-state index is 0.374. The monoisotopic (exact) mass is 250 g/mol. The Labute approximate surface area is 84.6 Å². The highest BCUT2D eigenvalue weighted by Crippen LogP contribution is 2.29. The van der Waals surface area contributed by atoms with E-state index >= 15 is 0 Å². The van der Waals surface area contributed by atoms with Crippen LogP contribution in [0.25, 0.3) is 0 Å². The van der Waals surface area contributed by atoms with Crippen molar-refractivity contribution in [2.24, 2.45) is 0 Å². The van der Waals surface area contributed by atoms with Gasteiger partial charge >= 0.3 is 0 Å². The van der Waals surface area contributed by atoms with Crippen LogP contribution in [0.15, 0.2) is 11.4 Å². The summed E-state index contributed by atoms with van der Waals surface area (Å²) in [6.45, 7) is 2.62. The predicted molar refractivity (Wildman–Crippen MR) is 53.5 cm³/mol. The SMILES string of the molecule is COOCc1sccc1C(C)Br. The first kappa shape index (κ1) is 10.2. The Morgan fingerprint density at radius 2 is 2.42 bits per heavy atom. The maximum atomic E-state index is 4.86. The summed E-state index contributed by atoms with van der Waals surface area (Å²) in [5.41, 5.74) is 1.28. The topological polar surface area (TPSA) is 18.5 Å². The highest BCUT2D eigenvalue weighted by Gasteiger charge is 2.08. The molecule has 0 aromatic carbocycles. The Bertz CT molecular complexity index is 235. The van der Waals surface area contributed by atoms with Crippen molar-refractivity contribution in [3.63, 3.8) is 0 Å². The van der Waals surface area contributed by atoms with Gasteiger partial charge in [0.2, 0.25) is 0 Å². The maximum absolute atomic E-state index is 4.86. The minimum Gasteiger partial charge on any atom is -0.240 e. The summed E-state index contributed by atoms with van der Waals surface area (Å²) in [4.78, 5) is 11.0. The van der Waals surface area contributed by atoms with E-state index < -0.39 is 0 Å². The van der Waals surface area contributed by atoms with Crippen molar-refractivity contribution in [1.82, 2.24) is 0 Å². The first-order chi connectivity index (χ1) is 5.75. The van der Waals surface area contributed by atoms with Crippen LogP contribution in [0.3, 0.4) is 0 Å². The molecule has 12 heavy (non-hydrogen) atoms. The maximum Gasteiger partial charge on any atom is 0.117 e. The van der Waals surface area contributed by atoms with Crippen LogP contribution in [-0.2, 0) is 16.4 Å². The molecule has 1 aromatic rings. The fourth-order valence-corrected chi connectivity index (χ4v) is 2.39. The average Bonchev–Trinajstić information content (AvgIpc) is 2.48. The van der Waals surface area contributed by atoms with Crippen LogP contribution in [0.4, 0.5) is 0 Å². The molecular weight excluding hydrogens is 240 g/mol. The third kappa shape index (κ3) is 2.55. The van der Waals surface area contributed by atoms with Gasteiger partial charge < -0.3 is 0 Å². The van der Waals surface area contributed by atoms with Gasteiger partial charge in [-0.25, -0.2) is 9.78 Å². The second-order valence-electron chi connectivity index (χ2n) is 2.34. The molecular formula is C8H11BrO2S. The molecule has 0 fully saturated rings. The molecule has 1 atom stereocenters. The first-order valence-electron chi connectivity index (χ1n) is 3.61. The van der Waals surface area contributed by atoms with E-state index in [0.29, 0.717) is 11.4 Å². The summed E-state index contributed by atoms with van der Waals surface area (Å²) in [5, 5.41) is 2.06. The van der Waals surface area contributed by atoms with Gasteiger partial charge in [-0.1, -0.05) is 15.9 Å². The highest BCUT2D eigenvalue weighted by atomic mass is 79.9. The molecule has 0 aliphatic rings. The summed E-state index contributed by atoms with van der Waals surface area (Å²) in [6.07, 6.45) is 0. The molecule has 68 valence electrons. The van der Waals surface area contributed by atoms with Crippen LogP contribution < -0.4 is 0 Å².